The quantitative estimate of drug-likeness (QED) is 0.520. The van der Waals surface area contributed by atoms with Gasteiger partial charge in [-0.3, -0.25) is 9.59 Å². The summed E-state index contributed by atoms with van der Waals surface area (Å²) >= 11 is 1.10. The molecule has 5 nitrogen and oxygen atoms in total. The Balaban J connectivity index is 3.61. The average molecular weight is 288 g/mol. The van der Waals surface area contributed by atoms with E-state index in [9.17, 15) is 22.8 Å². The Morgan fingerprint density at radius 2 is 2.06 bits per heavy atom. The van der Waals surface area contributed by atoms with Gasteiger partial charge in [0.2, 0.25) is 5.91 Å². The maximum atomic E-state index is 11.7. The number of nitrogens with one attached hydrogen (secondary N) is 1. The Kier molecular flexibility index (Phi) is 7.76. The molecule has 0 saturated carbocycles. The number of halogens is 3. The monoisotopic (exact) mass is 288 g/mol. The van der Waals surface area contributed by atoms with E-state index in [1.54, 1.807) is 5.32 Å². The maximum absolute atomic E-state index is 11.7. The molecule has 0 aromatic heterocycles. The van der Waals surface area contributed by atoms with Gasteiger partial charge >= 0.3 is 12.1 Å². The zero-order valence-corrected chi connectivity index (χ0v) is 10.6. The second kappa shape index (κ2) is 8.20. The van der Waals surface area contributed by atoms with E-state index in [0.717, 1.165) is 11.8 Å². The summed E-state index contributed by atoms with van der Waals surface area (Å²) in [5, 5.41) is 1.74. The zero-order chi connectivity index (χ0) is 14.2. The number of ether oxygens (including phenoxy) is 1. The molecule has 0 aliphatic heterocycles. The van der Waals surface area contributed by atoms with Gasteiger partial charge in [-0.05, 0) is 12.2 Å². The Labute approximate surface area is 107 Å². The number of nitrogens with two attached hydrogens (primary N) is 1. The van der Waals surface area contributed by atoms with Crippen molar-refractivity contribution in [2.75, 3.05) is 25.2 Å². The second-order valence-electron chi connectivity index (χ2n) is 3.36. The Bertz CT molecular complexity index is 287. The number of esters is 1. The highest BCUT2D eigenvalue weighted by Crippen LogP contribution is 2.12. The van der Waals surface area contributed by atoms with Crippen molar-refractivity contribution in [1.82, 2.24) is 5.32 Å². The predicted octanol–water partition coefficient (Wildman–Crippen LogP) is 0.288. The molecule has 0 spiro atoms. The van der Waals surface area contributed by atoms with Crippen LogP contribution in [-0.2, 0) is 14.3 Å². The van der Waals surface area contributed by atoms with Gasteiger partial charge in [0.05, 0.1) is 12.9 Å². The van der Waals surface area contributed by atoms with Gasteiger partial charge in [-0.15, -0.1) is 0 Å². The number of amides is 1. The Morgan fingerprint density at radius 3 is 2.56 bits per heavy atom. The fraction of sp³-hybridized carbons (Fsp3) is 0.778. The molecule has 0 heterocycles. The van der Waals surface area contributed by atoms with Crippen molar-refractivity contribution >= 4 is 23.6 Å². The van der Waals surface area contributed by atoms with Crippen LogP contribution in [0.4, 0.5) is 13.2 Å². The first-order valence-electron chi connectivity index (χ1n) is 5.01. The lowest BCUT2D eigenvalue weighted by atomic mass is 10.2. The molecule has 1 amide bonds. The van der Waals surface area contributed by atoms with Gasteiger partial charge in [0.1, 0.15) is 12.6 Å². The summed E-state index contributed by atoms with van der Waals surface area (Å²) in [5.74, 6) is -0.985. The van der Waals surface area contributed by atoms with Crippen LogP contribution in [-0.4, -0.2) is 49.3 Å². The molecule has 0 rings (SSSR count). The highest BCUT2D eigenvalue weighted by Gasteiger charge is 2.27. The fourth-order valence-electron chi connectivity index (χ4n) is 0.894. The molecular formula is C9H15F3N2O3S. The maximum Gasteiger partial charge on any atom is 0.405 e. The molecule has 1 unspecified atom stereocenters. The Morgan fingerprint density at radius 1 is 1.44 bits per heavy atom. The number of rotatable bonds is 7. The van der Waals surface area contributed by atoms with E-state index in [-0.39, 0.29) is 5.75 Å². The van der Waals surface area contributed by atoms with Crippen LogP contribution in [0.3, 0.4) is 0 Å². The molecule has 0 aromatic carbocycles. The van der Waals surface area contributed by atoms with Gasteiger partial charge < -0.3 is 15.8 Å². The molecule has 0 radical (unpaired) electrons. The van der Waals surface area contributed by atoms with Crippen molar-refractivity contribution in [3.63, 3.8) is 0 Å². The first-order valence-corrected chi connectivity index (χ1v) is 6.16. The molecule has 0 aliphatic carbocycles. The molecule has 0 aliphatic rings. The van der Waals surface area contributed by atoms with E-state index in [4.69, 9.17) is 5.73 Å². The molecule has 9 heteroatoms. The van der Waals surface area contributed by atoms with E-state index < -0.39 is 30.6 Å². The third kappa shape index (κ3) is 9.11. The molecule has 18 heavy (non-hydrogen) atoms. The minimum atomic E-state index is -4.41. The van der Waals surface area contributed by atoms with Crippen LogP contribution in [0.15, 0.2) is 0 Å². The number of carbonyl (C=O) groups is 2. The second-order valence-corrected chi connectivity index (χ2v) is 4.47. The van der Waals surface area contributed by atoms with Crippen molar-refractivity contribution in [2.24, 2.45) is 5.73 Å². The van der Waals surface area contributed by atoms with Crippen LogP contribution in [0.5, 0.6) is 0 Å². The summed E-state index contributed by atoms with van der Waals surface area (Å²) in [7, 11) is 1.21. The van der Waals surface area contributed by atoms with Crippen LogP contribution in [0, 0.1) is 0 Å². The van der Waals surface area contributed by atoms with Gasteiger partial charge in [-0.2, -0.15) is 24.9 Å². The normalized spacial score (nSPS) is 12.9. The number of thioether (sulfide) groups is 1. The zero-order valence-electron chi connectivity index (χ0n) is 9.75. The summed E-state index contributed by atoms with van der Waals surface area (Å²) in [5.41, 5.74) is 5.42. The van der Waals surface area contributed by atoms with Crippen LogP contribution in [0.25, 0.3) is 0 Å². The summed E-state index contributed by atoms with van der Waals surface area (Å²) < 4.78 is 39.6. The van der Waals surface area contributed by atoms with Crippen LogP contribution < -0.4 is 11.1 Å². The largest absolute Gasteiger partial charge is 0.468 e. The fourth-order valence-corrected chi connectivity index (χ4v) is 1.75. The van der Waals surface area contributed by atoms with E-state index in [0.29, 0.717) is 12.2 Å². The van der Waals surface area contributed by atoms with Gasteiger partial charge in [-0.1, -0.05) is 0 Å². The molecule has 3 N–H and O–H groups in total. The topological polar surface area (TPSA) is 81.4 Å². The van der Waals surface area contributed by atoms with Crippen molar-refractivity contribution in [1.29, 1.82) is 0 Å². The van der Waals surface area contributed by atoms with Crippen molar-refractivity contribution in [3.8, 4) is 0 Å². The van der Waals surface area contributed by atoms with Gasteiger partial charge in [0.25, 0.3) is 0 Å². The van der Waals surface area contributed by atoms with Gasteiger partial charge in [0.15, 0.2) is 0 Å². The predicted molar refractivity (Wildman–Crippen MR) is 61.0 cm³/mol. The van der Waals surface area contributed by atoms with E-state index in [1.165, 1.54) is 7.11 Å². The summed E-state index contributed by atoms with van der Waals surface area (Å²) in [4.78, 5) is 21.9. The van der Waals surface area contributed by atoms with Gasteiger partial charge in [0, 0.05) is 0 Å². The number of hydrogen-bond acceptors (Lipinski definition) is 5. The minimum absolute atomic E-state index is 0.107. The number of carbonyl (C=O) groups excluding carboxylic acids is 2. The van der Waals surface area contributed by atoms with Crippen molar-refractivity contribution < 1.29 is 27.5 Å². The lowest BCUT2D eigenvalue weighted by Crippen LogP contribution is -2.35. The van der Waals surface area contributed by atoms with Crippen molar-refractivity contribution in [2.45, 2.75) is 18.6 Å². The SMILES string of the molecule is COC(=O)C(N)CCSCC(=O)NCC(F)(F)F. The summed E-state index contributed by atoms with van der Waals surface area (Å²) in [6.45, 7) is -1.34. The first-order chi connectivity index (χ1) is 8.26. The highest BCUT2D eigenvalue weighted by molar-refractivity contribution is 7.99. The minimum Gasteiger partial charge on any atom is -0.468 e. The average Bonchev–Trinajstić information content (AvgIpc) is 2.29. The third-order valence-corrected chi connectivity index (χ3v) is 2.79. The standard InChI is InChI=1S/C9H15F3N2O3S/c1-17-8(16)6(13)2-3-18-4-7(15)14-5-9(10,11)12/h6H,2-5,13H2,1H3,(H,14,15). The molecule has 0 bridgehead atoms. The molecule has 0 saturated heterocycles. The Hall–Kier alpha value is -0.960. The molecular weight excluding hydrogens is 273 g/mol. The first kappa shape index (κ1) is 17.0. The molecule has 0 fully saturated rings. The molecule has 1 atom stereocenters. The van der Waals surface area contributed by atoms with Crippen LogP contribution in [0.2, 0.25) is 0 Å². The van der Waals surface area contributed by atoms with E-state index in [1.807, 2.05) is 0 Å². The molecule has 0 aromatic rings. The van der Waals surface area contributed by atoms with Crippen molar-refractivity contribution in [3.05, 3.63) is 0 Å². The lowest BCUT2D eigenvalue weighted by Gasteiger charge is -2.09. The highest BCUT2D eigenvalue weighted by atomic mass is 32.2. The van der Waals surface area contributed by atoms with Crippen LogP contribution in [0.1, 0.15) is 6.42 Å². The summed E-state index contributed by atoms with van der Waals surface area (Å²) in [6.07, 6.45) is -4.11. The smallest absolute Gasteiger partial charge is 0.405 e. The lowest BCUT2D eigenvalue weighted by molar-refractivity contribution is -0.142. The molecule has 106 valence electrons. The number of hydrogen-bond donors (Lipinski definition) is 2. The third-order valence-electron chi connectivity index (χ3n) is 1.80. The van der Waals surface area contributed by atoms with Gasteiger partial charge in [-0.25, -0.2) is 0 Å². The number of alkyl halides is 3. The summed E-state index contributed by atoms with van der Waals surface area (Å²) in [6, 6.07) is -0.777. The van der Waals surface area contributed by atoms with E-state index in [2.05, 4.69) is 4.74 Å². The van der Waals surface area contributed by atoms with E-state index >= 15 is 0 Å². The number of methoxy groups -OCH3 is 1. The van der Waals surface area contributed by atoms with Crippen LogP contribution >= 0.6 is 11.8 Å².